The van der Waals surface area contributed by atoms with E-state index in [1.165, 1.54) is 0 Å². The van der Waals surface area contributed by atoms with Crippen LogP contribution in [-0.4, -0.2) is 22.3 Å². The van der Waals surface area contributed by atoms with Gasteiger partial charge < -0.3 is 9.84 Å². The molecular weight excluding hydrogens is 262 g/mol. The molecule has 0 aromatic heterocycles. The van der Waals surface area contributed by atoms with E-state index in [1.807, 2.05) is 24.3 Å². The molecule has 0 bridgehead atoms. The third-order valence-corrected chi connectivity index (χ3v) is 3.36. The molecule has 0 aliphatic carbocycles. The summed E-state index contributed by atoms with van der Waals surface area (Å²) in [6.45, 7) is 0. The maximum atomic E-state index is 11.6. The maximum absolute atomic E-state index is 11.6. The van der Waals surface area contributed by atoms with Crippen LogP contribution in [0.3, 0.4) is 0 Å². The molecule has 2 aromatic rings. The number of carbonyl (C=O) groups is 1. The van der Waals surface area contributed by atoms with E-state index < -0.39 is 6.10 Å². The number of ether oxygens (including phenoxy) is 1. The highest BCUT2D eigenvalue weighted by molar-refractivity contribution is 7.80. The number of phenols is 1. The zero-order valence-electron chi connectivity index (χ0n) is 9.92. The summed E-state index contributed by atoms with van der Waals surface area (Å²) in [5.41, 5.74) is 0.943. The monoisotopic (exact) mass is 273 g/mol. The van der Waals surface area contributed by atoms with Gasteiger partial charge in [-0.25, -0.2) is 0 Å². The van der Waals surface area contributed by atoms with Gasteiger partial charge in [0.1, 0.15) is 5.75 Å². The van der Waals surface area contributed by atoms with Gasteiger partial charge in [0.25, 0.3) is 11.1 Å². The molecule has 2 N–H and O–H groups in total. The first-order valence-electron chi connectivity index (χ1n) is 5.86. The van der Waals surface area contributed by atoms with Crippen molar-refractivity contribution in [3.8, 4) is 5.75 Å². The molecule has 0 spiro atoms. The number of phenolic OH excluding ortho intramolecular Hbond substituents is 1. The Morgan fingerprint density at radius 3 is 2.63 bits per heavy atom. The molecule has 1 saturated heterocycles. The fraction of sp³-hybridized carbons (Fsp3) is 0.143. The lowest BCUT2D eigenvalue weighted by Crippen LogP contribution is -2.25. The van der Waals surface area contributed by atoms with Crippen LogP contribution in [0.1, 0.15) is 5.56 Å². The summed E-state index contributed by atoms with van der Waals surface area (Å²) in [5.74, 6) is 0.00817. The van der Waals surface area contributed by atoms with Crippen molar-refractivity contribution in [1.29, 1.82) is 0 Å². The Balaban J connectivity index is 2.00. The first-order chi connectivity index (χ1) is 9.15. The smallest absolute Gasteiger partial charge is 0.268 e. The van der Waals surface area contributed by atoms with E-state index in [1.54, 1.807) is 12.1 Å². The van der Waals surface area contributed by atoms with Crippen molar-refractivity contribution in [3.63, 3.8) is 0 Å². The average molecular weight is 273 g/mol. The molecular formula is C14H11NO3S. The second-order valence-corrected chi connectivity index (χ2v) is 4.75. The largest absolute Gasteiger partial charge is 0.507 e. The zero-order chi connectivity index (χ0) is 13.4. The van der Waals surface area contributed by atoms with Gasteiger partial charge in [-0.05, 0) is 29.2 Å². The van der Waals surface area contributed by atoms with E-state index in [2.05, 4.69) is 5.32 Å². The van der Waals surface area contributed by atoms with E-state index >= 15 is 0 Å². The Kier molecular flexibility index (Phi) is 2.83. The van der Waals surface area contributed by atoms with Gasteiger partial charge in [0, 0.05) is 11.8 Å². The van der Waals surface area contributed by atoms with Crippen molar-refractivity contribution in [2.24, 2.45) is 0 Å². The van der Waals surface area contributed by atoms with E-state index in [9.17, 15) is 9.90 Å². The molecule has 1 heterocycles. The van der Waals surface area contributed by atoms with Crippen molar-refractivity contribution >= 4 is 34.1 Å². The third-order valence-electron chi connectivity index (χ3n) is 3.16. The topological polar surface area (TPSA) is 58.6 Å². The molecule has 96 valence electrons. The summed E-state index contributed by atoms with van der Waals surface area (Å²) in [4.78, 5) is 11.6. The first-order valence-corrected chi connectivity index (χ1v) is 6.27. The Morgan fingerprint density at radius 2 is 1.95 bits per heavy atom. The van der Waals surface area contributed by atoms with Crippen LogP contribution < -0.4 is 5.32 Å². The maximum Gasteiger partial charge on any atom is 0.268 e. The van der Waals surface area contributed by atoms with Crippen LogP contribution in [0.2, 0.25) is 0 Å². The van der Waals surface area contributed by atoms with Crippen molar-refractivity contribution in [1.82, 2.24) is 5.32 Å². The van der Waals surface area contributed by atoms with Crippen molar-refractivity contribution in [2.45, 2.75) is 12.5 Å². The highest BCUT2D eigenvalue weighted by Crippen LogP contribution is 2.28. The van der Waals surface area contributed by atoms with Gasteiger partial charge >= 0.3 is 0 Å². The number of nitrogens with one attached hydrogen (secondary N) is 1. The molecule has 1 fully saturated rings. The number of thiocarbonyl (C=S) groups is 1. The zero-order valence-corrected chi connectivity index (χ0v) is 10.7. The highest BCUT2D eigenvalue weighted by atomic mass is 32.1. The van der Waals surface area contributed by atoms with Gasteiger partial charge in [-0.2, -0.15) is 0 Å². The molecule has 19 heavy (non-hydrogen) atoms. The Labute approximate surface area is 115 Å². The van der Waals surface area contributed by atoms with Crippen molar-refractivity contribution < 1.29 is 14.6 Å². The van der Waals surface area contributed by atoms with Crippen LogP contribution in [0.15, 0.2) is 36.4 Å². The van der Waals surface area contributed by atoms with Crippen molar-refractivity contribution in [2.75, 3.05) is 0 Å². The van der Waals surface area contributed by atoms with Gasteiger partial charge in [0.05, 0.1) is 0 Å². The van der Waals surface area contributed by atoms with E-state index in [0.717, 1.165) is 16.3 Å². The molecule has 1 atom stereocenters. The number of aromatic hydroxyl groups is 1. The molecule has 3 rings (SSSR count). The van der Waals surface area contributed by atoms with Gasteiger partial charge in [0.2, 0.25) is 0 Å². The van der Waals surface area contributed by atoms with Crippen molar-refractivity contribution in [3.05, 3.63) is 42.0 Å². The third kappa shape index (κ3) is 2.13. The number of amides is 1. The quantitative estimate of drug-likeness (QED) is 0.820. The molecule has 1 unspecified atom stereocenters. The van der Waals surface area contributed by atoms with E-state index in [0.29, 0.717) is 6.42 Å². The number of carbonyl (C=O) groups excluding carboxylic acids is 1. The summed E-state index contributed by atoms with van der Waals surface area (Å²) in [7, 11) is 0. The van der Waals surface area contributed by atoms with Crippen LogP contribution in [0.25, 0.3) is 10.8 Å². The lowest BCUT2D eigenvalue weighted by Gasteiger charge is -2.11. The number of hydrogen-bond acceptors (Lipinski definition) is 4. The van der Waals surface area contributed by atoms with Gasteiger partial charge in [-0.3, -0.25) is 10.1 Å². The summed E-state index contributed by atoms with van der Waals surface area (Å²) >= 11 is 4.81. The Bertz CT molecular complexity index is 683. The highest BCUT2D eigenvalue weighted by Gasteiger charge is 2.30. The van der Waals surface area contributed by atoms with E-state index in [4.69, 9.17) is 17.0 Å². The normalized spacial score (nSPS) is 18.4. The number of hydrogen-bond donors (Lipinski definition) is 2. The van der Waals surface area contributed by atoms with Crippen LogP contribution in [-0.2, 0) is 16.0 Å². The van der Waals surface area contributed by atoms with Gasteiger partial charge in [-0.1, -0.05) is 30.3 Å². The molecule has 2 aromatic carbocycles. The summed E-state index contributed by atoms with van der Waals surface area (Å²) in [5, 5.41) is 14.1. The molecule has 5 heteroatoms. The molecule has 0 radical (unpaired) electrons. The summed E-state index contributed by atoms with van der Waals surface area (Å²) in [6.07, 6.45) is -0.173. The van der Waals surface area contributed by atoms with Crippen LogP contribution >= 0.6 is 12.2 Å². The second-order valence-electron chi connectivity index (χ2n) is 4.38. The summed E-state index contributed by atoms with van der Waals surface area (Å²) in [6, 6.07) is 10.9. The van der Waals surface area contributed by atoms with Gasteiger partial charge in [0.15, 0.2) is 6.10 Å². The lowest BCUT2D eigenvalue weighted by molar-refractivity contribution is -0.123. The second kappa shape index (κ2) is 4.51. The molecule has 1 aliphatic rings. The predicted molar refractivity (Wildman–Crippen MR) is 74.9 cm³/mol. The van der Waals surface area contributed by atoms with Gasteiger partial charge in [-0.15, -0.1) is 0 Å². The molecule has 1 aliphatic heterocycles. The summed E-state index contributed by atoms with van der Waals surface area (Å²) < 4.78 is 5.26. The Morgan fingerprint density at radius 1 is 1.21 bits per heavy atom. The van der Waals surface area contributed by atoms with Crippen LogP contribution in [0.4, 0.5) is 0 Å². The minimum atomic E-state index is -0.597. The fourth-order valence-corrected chi connectivity index (χ4v) is 2.47. The molecule has 4 nitrogen and oxygen atoms in total. The minimum absolute atomic E-state index is 0.123. The SMILES string of the molecule is O=C1NC(=S)OC1Cc1ccc(O)c2ccccc12. The number of fused-ring (bicyclic) bond motifs is 1. The minimum Gasteiger partial charge on any atom is -0.507 e. The first kappa shape index (κ1) is 11.9. The lowest BCUT2D eigenvalue weighted by atomic mass is 9.99. The van der Waals surface area contributed by atoms with E-state index in [-0.39, 0.29) is 16.8 Å². The average Bonchev–Trinajstić information content (AvgIpc) is 2.72. The fourth-order valence-electron chi connectivity index (χ4n) is 2.25. The molecule has 1 amide bonds. The van der Waals surface area contributed by atoms with Crippen LogP contribution in [0.5, 0.6) is 5.75 Å². The number of benzene rings is 2. The number of rotatable bonds is 2. The predicted octanol–water partition coefficient (Wildman–Crippen LogP) is 1.89. The van der Waals surface area contributed by atoms with Crippen LogP contribution in [0, 0.1) is 0 Å². The Hall–Kier alpha value is -2.14. The molecule has 0 saturated carbocycles. The standard InChI is InChI=1S/C14H11NO3S/c16-11-6-5-8(9-3-1-2-4-10(9)11)7-12-13(17)15-14(19)18-12/h1-6,12,16H,7H2,(H,15,17,19).